The zero-order valence-corrected chi connectivity index (χ0v) is 21.0. The molecule has 0 aliphatic carbocycles. The van der Waals surface area contributed by atoms with E-state index in [9.17, 15) is 9.59 Å². The van der Waals surface area contributed by atoms with E-state index in [2.05, 4.69) is 10.6 Å². The number of methoxy groups -OCH3 is 1. The number of ether oxygens (including phenoxy) is 2. The average Bonchev–Trinajstić information content (AvgIpc) is 2.82. The summed E-state index contributed by atoms with van der Waals surface area (Å²) in [6, 6.07) is 18.9. The van der Waals surface area contributed by atoms with Gasteiger partial charge in [-0.3, -0.25) is 4.79 Å². The minimum atomic E-state index is -0.367. The Balaban J connectivity index is 1.49. The van der Waals surface area contributed by atoms with Gasteiger partial charge in [-0.1, -0.05) is 42.0 Å². The lowest BCUT2D eigenvalue weighted by Gasteiger charge is -2.19. The van der Waals surface area contributed by atoms with Gasteiger partial charge >= 0.3 is 6.03 Å². The highest BCUT2D eigenvalue weighted by atomic mass is 16.5. The zero-order chi connectivity index (χ0) is 25.4. The van der Waals surface area contributed by atoms with Gasteiger partial charge in [0.1, 0.15) is 12.3 Å². The van der Waals surface area contributed by atoms with E-state index in [0.717, 1.165) is 39.3 Å². The Bertz CT molecular complexity index is 1150. The number of carbonyl (C=O) groups excluding carboxylic acids is 2. The molecule has 3 aromatic carbocycles. The lowest BCUT2D eigenvalue weighted by molar-refractivity contribution is -0.116. The second-order valence-electron chi connectivity index (χ2n) is 8.65. The van der Waals surface area contributed by atoms with Crippen LogP contribution in [0.15, 0.2) is 60.7 Å². The van der Waals surface area contributed by atoms with Gasteiger partial charge in [0.05, 0.1) is 20.3 Å². The van der Waals surface area contributed by atoms with Crippen molar-refractivity contribution in [2.45, 2.75) is 34.0 Å². The normalized spacial score (nSPS) is 10.5. The van der Waals surface area contributed by atoms with Crippen LogP contribution >= 0.6 is 0 Å². The van der Waals surface area contributed by atoms with E-state index in [4.69, 9.17) is 9.47 Å². The predicted octanol–water partition coefficient (Wildman–Crippen LogP) is 5.44. The molecule has 0 saturated heterocycles. The van der Waals surface area contributed by atoms with E-state index < -0.39 is 0 Å². The molecule has 7 nitrogen and oxygen atoms in total. The van der Waals surface area contributed by atoms with E-state index in [1.165, 1.54) is 4.90 Å². The van der Waals surface area contributed by atoms with Gasteiger partial charge in [0.25, 0.3) is 0 Å². The summed E-state index contributed by atoms with van der Waals surface area (Å²) in [6.07, 6.45) is 0. The standard InChI is InChI=1S/C28H33N3O4/c1-19-13-20(2)27(21(3)14-19)30-26(32)16-31(4)28(33)29-24-8-6-7-23(15-24)18-35-17-22-9-11-25(34-5)12-10-22/h6-15H,16-18H2,1-5H3,(H,29,33)(H,30,32). The maximum Gasteiger partial charge on any atom is 0.322 e. The highest BCUT2D eigenvalue weighted by molar-refractivity contribution is 5.97. The first-order chi connectivity index (χ1) is 16.7. The third kappa shape index (κ3) is 7.58. The Hall–Kier alpha value is -3.84. The van der Waals surface area contributed by atoms with Crippen LogP contribution in [0.5, 0.6) is 5.75 Å². The maximum absolute atomic E-state index is 12.6. The van der Waals surface area contributed by atoms with Crippen molar-refractivity contribution in [2.24, 2.45) is 0 Å². The fourth-order valence-electron chi connectivity index (χ4n) is 3.81. The van der Waals surface area contributed by atoms with E-state index in [0.29, 0.717) is 18.9 Å². The molecule has 0 fully saturated rings. The molecule has 3 aromatic rings. The zero-order valence-electron chi connectivity index (χ0n) is 21.0. The number of nitrogens with one attached hydrogen (secondary N) is 2. The first-order valence-corrected chi connectivity index (χ1v) is 11.4. The Morgan fingerprint density at radius 3 is 2.17 bits per heavy atom. The number of likely N-dealkylation sites (N-methyl/N-ethyl adjacent to an activating group) is 1. The van der Waals surface area contributed by atoms with Crippen LogP contribution < -0.4 is 15.4 Å². The summed E-state index contributed by atoms with van der Waals surface area (Å²) in [4.78, 5) is 26.5. The topological polar surface area (TPSA) is 79.9 Å². The Morgan fingerprint density at radius 2 is 1.51 bits per heavy atom. The van der Waals surface area contributed by atoms with Crippen LogP contribution in [0.2, 0.25) is 0 Å². The van der Waals surface area contributed by atoms with Crippen LogP contribution in [0.25, 0.3) is 0 Å². The molecule has 0 unspecified atom stereocenters. The fraction of sp³-hybridized carbons (Fsp3) is 0.286. The quantitative estimate of drug-likeness (QED) is 0.432. The summed E-state index contributed by atoms with van der Waals surface area (Å²) >= 11 is 0. The number of nitrogens with zero attached hydrogens (tertiary/aromatic N) is 1. The second kappa shape index (κ2) is 12.0. The third-order valence-electron chi connectivity index (χ3n) is 5.54. The molecule has 3 amide bonds. The highest BCUT2D eigenvalue weighted by Crippen LogP contribution is 2.22. The van der Waals surface area contributed by atoms with E-state index >= 15 is 0 Å². The molecule has 0 spiro atoms. The summed E-state index contributed by atoms with van der Waals surface area (Å²) in [5.74, 6) is 0.554. The minimum Gasteiger partial charge on any atom is -0.497 e. The smallest absolute Gasteiger partial charge is 0.322 e. The summed E-state index contributed by atoms with van der Waals surface area (Å²) in [5.41, 5.74) is 6.54. The number of anilines is 2. The summed E-state index contributed by atoms with van der Waals surface area (Å²) in [7, 11) is 3.22. The molecule has 0 aliphatic rings. The fourth-order valence-corrected chi connectivity index (χ4v) is 3.81. The largest absolute Gasteiger partial charge is 0.497 e. The number of urea groups is 1. The maximum atomic E-state index is 12.6. The molecule has 0 saturated carbocycles. The van der Waals surface area contributed by atoms with E-state index in [1.54, 1.807) is 20.2 Å². The summed E-state index contributed by atoms with van der Waals surface area (Å²) in [5, 5.41) is 5.76. The van der Waals surface area contributed by atoms with Crippen molar-refractivity contribution in [3.63, 3.8) is 0 Å². The lowest BCUT2D eigenvalue weighted by atomic mass is 10.1. The molecular weight excluding hydrogens is 442 g/mol. The predicted molar refractivity (Wildman–Crippen MR) is 139 cm³/mol. The average molecular weight is 476 g/mol. The molecule has 184 valence electrons. The van der Waals surface area contributed by atoms with Crippen LogP contribution in [-0.2, 0) is 22.7 Å². The van der Waals surface area contributed by atoms with Crippen LogP contribution in [-0.4, -0.2) is 37.5 Å². The number of rotatable bonds is 9. The SMILES string of the molecule is COc1ccc(COCc2cccc(NC(=O)N(C)CC(=O)Nc3c(C)cc(C)cc3C)c2)cc1. The Morgan fingerprint density at radius 1 is 0.857 bits per heavy atom. The first-order valence-electron chi connectivity index (χ1n) is 11.4. The Labute approximate surface area is 207 Å². The molecular formula is C28H33N3O4. The van der Waals surface area contributed by atoms with Crippen molar-refractivity contribution in [3.8, 4) is 5.75 Å². The Kier molecular flexibility index (Phi) is 8.86. The van der Waals surface area contributed by atoms with Gasteiger partial charge in [0.15, 0.2) is 0 Å². The van der Waals surface area contributed by atoms with Gasteiger partial charge in [0, 0.05) is 18.4 Å². The van der Waals surface area contributed by atoms with Crippen LogP contribution in [0.4, 0.5) is 16.2 Å². The number of amides is 3. The van der Waals surface area contributed by atoms with E-state index in [1.807, 2.05) is 75.4 Å². The summed E-state index contributed by atoms with van der Waals surface area (Å²) in [6.45, 7) is 6.75. The van der Waals surface area contributed by atoms with Crippen molar-refractivity contribution >= 4 is 23.3 Å². The summed E-state index contributed by atoms with van der Waals surface area (Å²) < 4.78 is 11.0. The third-order valence-corrected chi connectivity index (χ3v) is 5.54. The molecule has 0 bridgehead atoms. The lowest BCUT2D eigenvalue weighted by Crippen LogP contribution is -2.37. The number of hydrogen-bond acceptors (Lipinski definition) is 4. The number of aryl methyl sites for hydroxylation is 3. The van der Waals surface area contributed by atoms with Crippen LogP contribution in [0.3, 0.4) is 0 Å². The monoisotopic (exact) mass is 475 g/mol. The molecule has 0 radical (unpaired) electrons. The number of benzene rings is 3. The number of carbonyl (C=O) groups is 2. The van der Waals surface area contributed by atoms with Crippen molar-refractivity contribution in [2.75, 3.05) is 31.3 Å². The van der Waals surface area contributed by atoms with Crippen molar-refractivity contribution in [1.82, 2.24) is 4.90 Å². The number of hydrogen-bond donors (Lipinski definition) is 2. The van der Waals surface area contributed by atoms with Gasteiger partial charge in [0.2, 0.25) is 5.91 Å². The molecule has 2 N–H and O–H groups in total. The van der Waals surface area contributed by atoms with E-state index in [-0.39, 0.29) is 18.5 Å². The molecule has 0 aliphatic heterocycles. The molecule has 35 heavy (non-hydrogen) atoms. The van der Waals surface area contributed by atoms with Crippen molar-refractivity contribution in [1.29, 1.82) is 0 Å². The highest BCUT2D eigenvalue weighted by Gasteiger charge is 2.15. The van der Waals surface area contributed by atoms with Crippen molar-refractivity contribution in [3.05, 3.63) is 88.5 Å². The van der Waals surface area contributed by atoms with Gasteiger partial charge in [-0.25, -0.2) is 4.79 Å². The van der Waals surface area contributed by atoms with Crippen LogP contribution in [0.1, 0.15) is 27.8 Å². The molecule has 3 rings (SSSR count). The molecule has 0 atom stereocenters. The molecule has 0 aromatic heterocycles. The molecule has 7 heteroatoms. The van der Waals surface area contributed by atoms with Crippen molar-refractivity contribution < 1.29 is 19.1 Å². The minimum absolute atomic E-state index is 0.0662. The van der Waals surface area contributed by atoms with Gasteiger partial charge < -0.3 is 25.0 Å². The van der Waals surface area contributed by atoms with Crippen LogP contribution in [0, 0.1) is 20.8 Å². The second-order valence-corrected chi connectivity index (χ2v) is 8.65. The van der Waals surface area contributed by atoms with Gasteiger partial charge in [-0.05, 0) is 67.3 Å². The molecule has 0 heterocycles. The van der Waals surface area contributed by atoms with Gasteiger partial charge in [-0.2, -0.15) is 0 Å². The van der Waals surface area contributed by atoms with Gasteiger partial charge in [-0.15, -0.1) is 0 Å². The first kappa shape index (κ1) is 25.8.